The lowest BCUT2D eigenvalue weighted by Crippen LogP contribution is -2.50. The van der Waals surface area contributed by atoms with E-state index in [-0.39, 0.29) is 11.8 Å². The van der Waals surface area contributed by atoms with Gasteiger partial charge in [-0.1, -0.05) is 6.07 Å². The van der Waals surface area contributed by atoms with Crippen LogP contribution in [0.2, 0.25) is 0 Å². The van der Waals surface area contributed by atoms with Crippen LogP contribution in [0.3, 0.4) is 0 Å². The first-order chi connectivity index (χ1) is 13.3. The van der Waals surface area contributed by atoms with Gasteiger partial charge in [-0.25, -0.2) is 17.7 Å². The summed E-state index contributed by atoms with van der Waals surface area (Å²) in [5, 5.41) is 6.78. The van der Waals surface area contributed by atoms with Crippen molar-refractivity contribution in [3.05, 3.63) is 29.3 Å². The van der Waals surface area contributed by atoms with Crippen molar-refractivity contribution in [3.8, 4) is 0 Å². The maximum atomic E-state index is 12.0. The zero-order valence-corrected chi connectivity index (χ0v) is 18.6. The Morgan fingerprint density at radius 1 is 1.25 bits per heavy atom. The molecule has 1 aromatic carbocycles. The van der Waals surface area contributed by atoms with Crippen LogP contribution < -0.4 is 15.5 Å². The zero-order chi connectivity index (χ0) is 20.7. The van der Waals surface area contributed by atoms with Crippen LogP contribution in [0.25, 0.3) is 0 Å². The van der Waals surface area contributed by atoms with E-state index in [0.29, 0.717) is 19.6 Å². The van der Waals surface area contributed by atoms with Crippen molar-refractivity contribution in [2.75, 3.05) is 44.4 Å². The van der Waals surface area contributed by atoms with Crippen LogP contribution in [0.4, 0.5) is 5.69 Å². The van der Waals surface area contributed by atoms with E-state index in [2.05, 4.69) is 40.7 Å². The van der Waals surface area contributed by atoms with E-state index >= 15 is 0 Å². The van der Waals surface area contributed by atoms with Crippen molar-refractivity contribution in [1.29, 1.82) is 0 Å². The monoisotopic (exact) mass is 409 g/mol. The zero-order valence-electron chi connectivity index (χ0n) is 17.8. The Labute approximate surface area is 170 Å². The second kappa shape index (κ2) is 10.1. The fraction of sp³-hybridized carbons (Fsp3) is 0.650. The topological polar surface area (TPSA) is 77.0 Å². The lowest BCUT2D eigenvalue weighted by molar-refractivity contribution is 0.306. The van der Waals surface area contributed by atoms with E-state index in [1.807, 2.05) is 21.0 Å². The molecule has 2 N–H and O–H groups in total. The average Bonchev–Trinajstić information content (AvgIpc) is 2.67. The van der Waals surface area contributed by atoms with Crippen LogP contribution in [-0.4, -0.2) is 64.2 Å². The number of nitrogens with one attached hydrogen (secondary N) is 2. The predicted molar refractivity (Wildman–Crippen MR) is 118 cm³/mol. The first-order valence-corrected chi connectivity index (χ1v) is 11.7. The summed E-state index contributed by atoms with van der Waals surface area (Å²) >= 11 is 0. The second-order valence-electron chi connectivity index (χ2n) is 7.42. The minimum atomic E-state index is -3.09. The van der Waals surface area contributed by atoms with E-state index in [1.165, 1.54) is 16.8 Å². The van der Waals surface area contributed by atoms with E-state index in [4.69, 9.17) is 4.99 Å². The molecule has 158 valence electrons. The van der Waals surface area contributed by atoms with Gasteiger partial charge < -0.3 is 15.5 Å². The number of anilines is 1. The average molecular weight is 410 g/mol. The number of sulfonamides is 1. The molecule has 7 nitrogen and oxygen atoms in total. The third kappa shape index (κ3) is 6.10. The van der Waals surface area contributed by atoms with Gasteiger partial charge in [-0.2, -0.15) is 0 Å². The van der Waals surface area contributed by atoms with Gasteiger partial charge in [0.1, 0.15) is 0 Å². The molecule has 0 aliphatic carbocycles. The maximum absolute atomic E-state index is 12.0. The van der Waals surface area contributed by atoms with E-state index < -0.39 is 10.0 Å². The largest absolute Gasteiger partial charge is 0.378 e. The molecule has 0 aromatic heterocycles. The molecule has 1 fully saturated rings. The van der Waals surface area contributed by atoms with Gasteiger partial charge in [0.2, 0.25) is 10.0 Å². The highest BCUT2D eigenvalue weighted by Gasteiger charge is 2.26. The van der Waals surface area contributed by atoms with Crippen molar-refractivity contribution in [2.45, 2.75) is 46.2 Å². The van der Waals surface area contributed by atoms with Gasteiger partial charge in [-0.15, -0.1) is 0 Å². The quantitative estimate of drug-likeness (QED) is 0.532. The molecule has 0 spiro atoms. The molecule has 0 amide bonds. The molecule has 0 atom stereocenters. The Kier molecular flexibility index (Phi) is 8.12. The van der Waals surface area contributed by atoms with Crippen LogP contribution in [0.5, 0.6) is 0 Å². The molecular formula is C20H35N5O2S. The smallest absolute Gasteiger partial charge is 0.213 e. The highest BCUT2D eigenvalue weighted by molar-refractivity contribution is 7.89. The molecule has 0 radical (unpaired) electrons. The summed E-state index contributed by atoms with van der Waals surface area (Å²) in [6, 6.07) is 6.65. The number of benzene rings is 1. The Morgan fingerprint density at radius 3 is 2.46 bits per heavy atom. The van der Waals surface area contributed by atoms with Gasteiger partial charge >= 0.3 is 0 Å². The van der Waals surface area contributed by atoms with Gasteiger partial charge in [-0.3, -0.25) is 0 Å². The minimum Gasteiger partial charge on any atom is -0.378 e. The molecule has 2 rings (SSSR count). The number of hydrogen-bond acceptors (Lipinski definition) is 4. The van der Waals surface area contributed by atoms with Crippen LogP contribution in [0.15, 0.2) is 23.2 Å². The Hall–Kier alpha value is -1.80. The Morgan fingerprint density at radius 2 is 1.93 bits per heavy atom. The fourth-order valence-electron chi connectivity index (χ4n) is 3.27. The molecule has 0 bridgehead atoms. The lowest BCUT2D eigenvalue weighted by Gasteiger charge is -2.32. The number of nitrogens with zero attached hydrogens (tertiary/aromatic N) is 3. The third-order valence-electron chi connectivity index (χ3n) is 5.15. The molecule has 0 unspecified atom stereocenters. The minimum absolute atomic E-state index is 0.168. The lowest BCUT2D eigenvalue weighted by atomic mass is 10.1. The molecule has 28 heavy (non-hydrogen) atoms. The van der Waals surface area contributed by atoms with Gasteiger partial charge in [-0.05, 0) is 56.9 Å². The Balaban J connectivity index is 1.98. The summed E-state index contributed by atoms with van der Waals surface area (Å²) in [4.78, 5) is 6.84. The number of aliphatic imine (C=N–C) groups is 1. The molecule has 8 heteroatoms. The highest BCUT2D eigenvalue weighted by atomic mass is 32.2. The summed E-state index contributed by atoms with van der Waals surface area (Å²) in [7, 11) is 0.989. The van der Waals surface area contributed by atoms with E-state index in [1.54, 1.807) is 11.2 Å². The Bertz CT molecular complexity index is 769. The van der Waals surface area contributed by atoms with Gasteiger partial charge in [0, 0.05) is 45.5 Å². The molecule has 1 aromatic rings. The standard InChI is InChI=1S/C20H35N5O2S/c1-6-21-20(22-15-17-8-9-19(24(4)5)14-16(17)3)23-18-10-12-25(13-11-18)28(26,27)7-2/h8-9,14,18H,6-7,10-13,15H2,1-5H3,(H2,21,22,23). The van der Waals surface area contributed by atoms with Gasteiger partial charge in [0.05, 0.1) is 12.3 Å². The summed E-state index contributed by atoms with van der Waals surface area (Å²) in [6.45, 7) is 8.39. The summed E-state index contributed by atoms with van der Waals surface area (Å²) in [5.74, 6) is 0.955. The van der Waals surface area contributed by atoms with Crippen molar-refractivity contribution in [1.82, 2.24) is 14.9 Å². The van der Waals surface area contributed by atoms with E-state index in [9.17, 15) is 8.42 Å². The van der Waals surface area contributed by atoms with Crippen molar-refractivity contribution in [3.63, 3.8) is 0 Å². The number of rotatable bonds is 7. The van der Waals surface area contributed by atoms with Crippen molar-refractivity contribution >= 4 is 21.7 Å². The second-order valence-corrected chi connectivity index (χ2v) is 9.68. The molecule has 1 saturated heterocycles. The first kappa shape index (κ1) is 22.5. The number of hydrogen-bond donors (Lipinski definition) is 2. The van der Waals surface area contributed by atoms with Crippen LogP contribution in [0, 0.1) is 6.92 Å². The fourth-order valence-corrected chi connectivity index (χ4v) is 4.41. The molecule has 0 saturated carbocycles. The van der Waals surface area contributed by atoms with E-state index in [0.717, 1.165) is 25.3 Å². The summed E-state index contributed by atoms with van der Waals surface area (Å²) in [6.07, 6.45) is 1.58. The molecule has 1 heterocycles. The van der Waals surface area contributed by atoms with Crippen molar-refractivity contribution in [2.24, 2.45) is 4.99 Å². The van der Waals surface area contributed by atoms with Crippen molar-refractivity contribution < 1.29 is 8.42 Å². The normalized spacial score (nSPS) is 16.8. The van der Waals surface area contributed by atoms with Crippen LogP contribution in [0.1, 0.15) is 37.8 Å². The van der Waals surface area contributed by atoms with Crippen LogP contribution in [-0.2, 0) is 16.6 Å². The SMILES string of the molecule is CCNC(=NCc1ccc(N(C)C)cc1C)NC1CCN(S(=O)(=O)CC)CC1. The highest BCUT2D eigenvalue weighted by Crippen LogP contribution is 2.18. The maximum Gasteiger partial charge on any atom is 0.213 e. The molecule has 1 aliphatic heterocycles. The van der Waals surface area contributed by atoms with Gasteiger partial charge in [0.15, 0.2) is 5.96 Å². The number of piperidine rings is 1. The summed E-state index contributed by atoms with van der Waals surface area (Å²) in [5.41, 5.74) is 3.61. The number of guanidine groups is 1. The summed E-state index contributed by atoms with van der Waals surface area (Å²) < 4.78 is 25.6. The molecular weight excluding hydrogens is 374 g/mol. The van der Waals surface area contributed by atoms with Crippen LogP contribution >= 0.6 is 0 Å². The number of aryl methyl sites for hydroxylation is 1. The predicted octanol–water partition coefficient (Wildman–Crippen LogP) is 1.93. The third-order valence-corrected chi connectivity index (χ3v) is 7.03. The first-order valence-electron chi connectivity index (χ1n) is 10.1. The molecule has 1 aliphatic rings. The van der Waals surface area contributed by atoms with Gasteiger partial charge in [0.25, 0.3) is 0 Å².